The first-order valence-electron chi connectivity index (χ1n) is 9.12. The van der Waals surface area contributed by atoms with Gasteiger partial charge in [-0.1, -0.05) is 23.7 Å². The van der Waals surface area contributed by atoms with Crippen molar-refractivity contribution in [1.29, 1.82) is 0 Å². The quantitative estimate of drug-likeness (QED) is 0.687. The summed E-state index contributed by atoms with van der Waals surface area (Å²) in [6.45, 7) is 1.87. The third-order valence-electron chi connectivity index (χ3n) is 4.79. The Kier molecular flexibility index (Phi) is 6.27. The van der Waals surface area contributed by atoms with E-state index in [1.807, 2.05) is 13.0 Å². The summed E-state index contributed by atoms with van der Waals surface area (Å²) >= 11 is 6.15. The van der Waals surface area contributed by atoms with E-state index >= 15 is 0 Å². The zero-order chi connectivity index (χ0) is 20.3. The largest absolute Gasteiger partial charge is 0.393 e. The summed E-state index contributed by atoms with van der Waals surface area (Å²) in [5.74, 6) is -0.418. The molecule has 1 saturated carbocycles. The van der Waals surface area contributed by atoms with Crippen molar-refractivity contribution in [3.63, 3.8) is 0 Å². The zero-order valence-corrected chi connectivity index (χ0v) is 17.1. The van der Waals surface area contributed by atoms with Gasteiger partial charge in [0.05, 0.1) is 21.6 Å². The molecule has 0 aliphatic heterocycles. The Morgan fingerprint density at radius 1 is 1.11 bits per heavy atom. The number of carbonyl (C=O) groups is 1. The van der Waals surface area contributed by atoms with Crippen molar-refractivity contribution in [2.75, 3.05) is 4.72 Å². The lowest BCUT2D eigenvalue weighted by Crippen LogP contribution is -2.38. The van der Waals surface area contributed by atoms with Gasteiger partial charge in [0.2, 0.25) is 0 Å². The molecular weight excluding hydrogens is 400 g/mol. The van der Waals surface area contributed by atoms with Crippen molar-refractivity contribution in [3.05, 3.63) is 58.6 Å². The summed E-state index contributed by atoms with van der Waals surface area (Å²) in [5.41, 5.74) is 1.48. The molecule has 1 aliphatic rings. The summed E-state index contributed by atoms with van der Waals surface area (Å²) in [6.07, 6.45) is 2.30. The van der Waals surface area contributed by atoms with Crippen molar-refractivity contribution < 1.29 is 18.3 Å². The van der Waals surface area contributed by atoms with Crippen LogP contribution in [0.5, 0.6) is 0 Å². The van der Waals surface area contributed by atoms with Crippen LogP contribution in [0.15, 0.2) is 47.4 Å². The Bertz CT molecular complexity index is 970. The number of aryl methyl sites for hydroxylation is 1. The molecule has 6 nitrogen and oxygen atoms in total. The topological polar surface area (TPSA) is 95.5 Å². The fourth-order valence-electron chi connectivity index (χ4n) is 3.25. The highest BCUT2D eigenvalue weighted by molar-refractivity contribution is 7.92. The van der Waals surface area contributed by atoms with Gasteiger partial charge in [-0.2, -0.15) is 0 Å². The van der Waals surface area contributed by atoms with Gasteiger partial charge in [-0.05, 0) is 68.5 Å². The van der Waals surface area contributed by atoms with E-state index < -0.39 is 15.9 Å². The van der Waals surface area contributed by atoms with E-state index in [0.29, 0.717) is 31.4 Å². The highest BCUT2D eigenvalue weighted by atomic mass is 35.5. The van der Waals surface area contributed by atoms with Crippen LogP contribution in [0.1, 0.15) is 41.6 Å². The summed E-state index contributed by atoms with van der Waals surface area (Å²) in [5, 5.41) is 12.6. The number of halogens is 1. The number of hydrogen-bond acceptors (Lipinski definition) is 4. The van der Waals surface area contributed by atoms with Crippen LogP contribution in [0.2, 0.25) is 5.02 Å². The number of aliphatic hydroxyl groups excluding tert-OH is 1. The van der Waals surface area contributed by atoms with E-state index in [1.54, 1.807) is 18.2 Å². The van der Waals surface area contributed by atoms with Crippen LogP contribution >= 0.6 is 11.6 Å². The first-order valence-corrected chi connectivity index (χ1v) is 11.0. The van der Waals surface area contributed by atoms with Crippen molar-refractivity contribution in [3.8, 4) is 0 Å². The van der Waals surface area contributed by atoms with Crippen LogP contribution in [0.4, 0.5) is 5.69 Å². The van der Waals surface area contributed by atoms with Gasteiger partial charge in [-0.25, -0.2) is 8.42 Å². The highest BCUT2D eigenvalue weighted by Crippen LogP contribution is 2.24. The van der Waals surface area contributed by atoms with E-state index in [0.717, 1.165) is 5.56 Å². The molecule has 3 N–H and O–H groups in total. The van der Waals surface area contributed by atoms with Gasteiger partial charge < -0.3 is 10.4 Å². The maximum Gasteiger partial charge on any atom is 0.261 e. The van der Waals surface area contributed by atoms with Crippen molar-refractivity contribution in [2.24, 2.45) is 0 Å². The Balaban J connectivity index is 1.79. The molecular formula is C20H23ClN2O4S. The van der Waals surface area contributed by atoms with Crippen LogP contribution < -0.4 is 10.0 Å². The Morgan fingerprint density at radius 2 is 1.82 bits per heavy atom. The van der Waals surface area contributed by atoms with Crippen molar-refractivity contribution >= 4 is 33.2 Å². The van der Waals surface area contributed by atoms with Gasteiger partial charge in [0.15, 0.2) is 0 Å². The van der Waals surface area contributed by atoms with Gasteiger partial charge in [0.25, 0.3) is 15.9 Å². The third-order valence-corrected chi connectivity index (χ3v) is 6.50. The maximum atomic E-state index is 12.7. The zero-order valence-electron chi connectivity index (χ0n) is 15.5. The number of aliphatic hydroxyl groups is 1. The first-order chi connectivity index (χ1) is 13.2. The number of sulfonamides is 1. The number of rotatable bonds is 5. The molecule has 8 heteroatoms. The number of anilines is 1. The van der Waals surface area contributed by atoms with E-state index in [2.05, 4.69) is 10.0 Å². The highest BCUT2D eigenvalue weighted by Gasteiger charge is 2.24. The third kappa shape index (κ3) is 5.04. The Hall–Kier alpha value is -2.09. The lowest BCUT2D eigenvalue weighted by atomic mass is 9.93. The average molecular weight is 423 g/mol. The molecule has 28 heavy (non-hydrogen) atoms. The average Bonchev–Trinajstić information content (AvgIpc) is 2.63. The Morgan fingerprint density at radius 3 is 2.50 bits per heavy atom. The first kappa shape index (κ1) is 20.6. The molecule has 0 heterocycles. The summed E-state index contributed by atoms with van der Waals surface area (Å²) in [7, 11) is -3.86. The minimum Gasteiger partial charge on any atom is -0.393 e. The SMILES string of the molecule is Cc1cccc(NS(=O)(=O)c2ccc(Cl)c(C(=O)NC3CCC(O)CC3)c2)c1. The van der Waals surface area contributed by atoms with Gasteiger partial charge in [0, 0.05) is 11.7 Å². The van der Waals surface area contributed by atoms with E-state index in [4.69, 9.17) is 11.6 Å². The number of carbonyl (C=O) groups excluding carboxylic acids is 1. The Labute approximate surface area is 170 Å². The standard InChI is InChI=1S/C20H23ClN2O4S/c1-13-3-2-4-15(11-13)23-28(26,27)17-9-10-19(21)18(12-17)20(25)22-14-5-7-16(24)8-6-14/h2-4,9-12,14,16,23-24H,5-8H2,1H3,(H,22,25). The van der Waals surface area contributed by atoms with E-state index in [9.17, 15) is 18.3 Å². The molecule has 1 fully saturated rings. The van der Waals surface area contributed by atoms with Crippen LogP contribution in [0, 0.1) is 6.92 Å². The molecule has 0 atom stereocenters. The summed E-state index contributed by atoms with van der Waals surface area (Å²) in [4.78, 5) is 12.6. The molecule has 0 unspecified atom stereocenters. The lowest BCUT2D eigenvalue weighted by Gasteiger charge is -2.26. The normalized spacial score (nSPS) is 19.8. The molecule has 0 bridgehead atoms. The monoisotopic (exact) mass is 422 g/mol. The second kappa shape index (κ2) is 8.51. The predicted molar refractivity (Wildman–Crippen MR) is 109 cm³/mol. The fourth-order valence-corrected chi connectivity index (χ4v) is 4.53. The summed E-state index contributed by atoms with van der Waals surface area (Å²) < 4.78 is 27.9. The lowest BCUT2D eigenvalue weighted by molar-refractivity contribution is 0.0867. The second-order valence-corrected chi connectivity index (χ2v) is 9.19. The van der Waals surface area contributed by atoms with Crippen LogP contribution in [0.25, 0.3) is 0 Å². The van der Waals surface area contributed by atoms with Crippen LogP contribution in [0.3, 0.4) is 0 Å². The number of hydrogen-bond donors (Lipinski definition) is 3. The molecule has 2 aromatic rings. The predicted octanol–water partition coefficient (Wildman–Crippen LogP) is 3.48. The van der Waals surface area contributed by atoms with Crippen LogP contribution in [-0.2, 0) is 10.0 Å². The van der Waals surface area contributed by atoms with E-state index in [1.165, 1.54) is 18.2 Å². The van der Waals surface area contributed by atoms with Gasteiger partial charge in [-0.3, -0.25) is 9.52 Å². The molecule has 0 radical (unpaired) electrons. The number of benzene rings is 2. The minimum atomic E-state index is -3.86. The van der Waals surface area contributed by atoms with Crippen molar-refractivity contribution in [2.45, 2.75) is 49.6 Å². The molecule has 0 saturated heterocycles. The maximum absolute atomic E-state index is 12.7. The second-order valence-electron chi connectivity index (χ2n) is 7.10. The molecule has 1 aliphatic carbocycles. The minimum absolute atomic E-state index is 0.0392. The van der Waals surface area contributed by atoms with Gasteiger partial charge >= 0.3 is 0 Å². The van der Waals surface area contributed by atoms with Gasteiger partial charge in [-0.15, -0.1) is 0 Å². The van der Waals surface area contributed by atoms with Gasteiger partial charge in [0.1, 0.15) is 0 Å². The molecule has 1 amide bonds. The molecule has 0 aromatic heterocycles. The molecule has 2 aromatic carbocycles. The molecule has 150 valence electrons. The number of nitrogens with one attached hydrogen (secondary N) is 2. The van der Waals surface area contributed by atoms with Crippen molar-refractivity contribution in [1.82, 2.24) is 5.32 Å². The number of amides is 1. The summed E-state index contributed by atoms with van der Waals surface area (Å²) in [6, 6.07) is 11.0. The smallest absolute Gasteiger partial charge is 0.261 e. The molecule has 0 spiro atoms. The fraction of sp³-hybridized carbons (Fsp3) is 0.350. The molecule has 3 rings (SSSR count). The van der Waals surface area contributed by atoms with Crippen LogP contribution in [-0.4, -0.2) is 31.6 Å². The van der Waals surface area contributed by atoms with E-state index in [-0.39, 0.29) is 27.6 Å².